The summed E-state index contributed by atoms with van der Waals surface area (Å²) < 4.78 is 5.75. The van der Waals surface area contributed by atoms with Crippen LogP contribution < -0.4 is 5.73 Å². The van der Waals surface area contributed by atoms with Crippen molar-refractivity contribution in [2.45, 2.75) is 31.5 Å². The number of aliphatic hydroxyl groups is 1. The fraction of sp³-hybridized carbons (Fsp3) is 0.562. The fourth-order valence-corrected chi connectivity index (χ4v) is 2.84. The molecule has 1 saturated heterocycles. The number of morpholine rings is 1. The number of nitrogens with zero attached hydrogens (tertiary/aromatic N) is 1. The number of aliphatic hydroxyl groups excluding tert-OH is 1. The molecule has 21 heavy (non-hydrogen) atoms. The van der Waals surface area contributed by atoms with Crippen molar-refractivity contribution >= 4 is 5.91 Å². The molecule has 0 radical (unpaired) electrons. The topological polar surface area (TPSA) is 75.8 Å². The zero-order valence-electron chi connectivity index (χ0n) is 12.7. The molecule has 3 N–H and O–H groups in total. The average Bonchev–Trinajstić information content (AvgIpc) is 2.47. The molecule has 0 bridgehead atoms. The summed E-state index contributed by atoms with van der Waals surface area (Å²) in [6, 6.07) is 9.58. The summed E-state index contributed by atoms with van der Waals surface area (Å²) in [6.07, 6.45) is -0.341. The van der Waals surface area contributed by atoms with Gasteiger partial charge in [0, 0.05) is 19.6 Å². The lowest BCUT2D eigenvalue weighted by molar-refractivity contribution is -0.167. The Morgan fingerprint density at radius 3 is 2.71 bits per heavy atom. The van der Waals surface area contributed by atoms with E-state index in [9.17, 15) is 9.90 Å². The Kier molecular flexibility index (Phi) is 4.98. The predicted molar refractivity (Wildman–Crippen MR) is 80.9 cm³/mol. The number of benzene rings is 1. The number of amides is 1. The number of carbonyl (C=O) groups excluding carboxylic acids is 1. The maximum atomic E-state index is 12.8. The van der Waals surface area contributed by atoms with Crippen LogP contribution in [0.5, 0.6) is 0 Å². The van der Waals surface area contributed by atoms with Crippen molar-refractivity contribution in [1.82, 2.24) is 4.90 Å². The number of hydrogen-bond donors (Lipinski definition) is 2. The highest BCUT2D eigenvalue weighted by Crippen LogP contribution is 2.25. The first-order valence-corrected chi connectivity index (χ1v) is 7.29. The molecule has 1 heterocycles. The summed E-state index contributed by atoms with van der Waals surface area (Å²) in [5.74, 6) is -0.349. The largest absolute Gasteiger partial charge is 0.394 e. The zero-order chi connectivity index (χ0) is 15.5. The van der Waals surface area contributed by atoms with Crippen molar-refractivity contribution < 1.29 is 14.6 Å². The third kappa shape index (κ3) is 3.81. The molecule has 1 aliphatic rings. The molecule has 0 aromatic heterocycles. The van der Waals surface area contributed by atoms with Gasteiger partial charge in [-0.1, -0.05) is 30.3 Å². The van der Waals surface area contributed by atoms with Crippen molar-refractivity contribution in [2.24, 2.45) is 5.73 Å². The van der Waals surface area contributed by atoms with E-state index in [-0.39, 0.29) is 31.1 Å². The van der Waals surface area contributed by atoms with E-state index in [2.05, 4.69) is 0 Å². The minimum absolute atomic E-state index is 0.00137. The number of nitrogens with two attached hydrogens (primary N) is 1. The highest BCUT2D eigenvalue weighted by atomic mass is 16.5. The summed E-state index contributed by atoms with van der Waals surface area (Å²) in [7, 11) is 0. The summed E-state index contributed by atoms with van der Waals surface area (Å²) in [5, 5.41) is 9.35. The van der Waals surface area contributed by atoms with E-state index in [1.165, 1.54) is 0 Å². The first-order valence-electron chi connectivity index (χ1n) is 7.29. The van der Waals surface area contributed by atoms with Gasteiger partial charge in [-0.2, -0.15) is 0 Å². The Morgan fingerprint density at radius 1 is 1.48 bits per heavy atom. The van der Waals surface area contributed by atoms with Crippen molar-refractivity contribution in [2.75, 3.05) is 26.2 Å². The third-order valence-corrected chi connectivity index (χ3v) is 3.73. The van der Waals surface area contributed by atoms with E-state index in [1.807, 2.05) is 44.2 Å². The van der Waals surface area contributed by atoms with Crippen LogP contribution in [0.1, 0.15) is 25.3 Å². The van der Waals surface area contributed by atoms with Gasteiger partial charge >= 0.3 is 0 Å². The van der Waals surface area contributed by atoms with Gasteiger partial charge in [0.15, 0.2) is 0 Å². The van der Waals surface area contributed by atoms with E-state index in [4.69, 9.17) is 10.5 Å². The van der Waals surface area contributed by atoms with Gasteiger partial charge in [0.25, 0.3) is 0 Å². The lowest BCUT2D eigenvalue weighted by atomic mass is 9.96. The molecular weight excluding hydrogens is 268 g/mol. The minimum atomic E-state index is -0.461. The van der Waals surface area contributed by atoms with Crippen LogP contribution in [0.15, 0.2) is 30.3 Å². The van der Waals surface area contributed by atoms with Crippen LogP contribution in [-0.2, 0) is 9.53 Å². The Morgan fingerprint density at radius 2 is 2.14 bits per heavy atom. The Labute approximate surface area is 125 Å². The Bertz CT molecular complexity index is 476. The summed E-state index contributed by atoms with van der Waals surface area (Å²) in [6.45, 7) is 4.94. The molecule has 0 aliphatic carbocycles. The lowest BCUT2D eigenvalue weighted by Gasteiger charge is -2.43. The van der Waals surface area contributed by atoms with E-state index < -0.39 is 5.60 Å². The first-order chi connectivity index (χ1) is 9.96. The Balaban J connectivity index is 2.17. The van der Waals surface area contributed by atoms with Gasteiger partial charge in [0.1, 0.15) is 0 Å². The minimum Gasteiger partial charge on any atom is -0.394 e. The number of rotatable bonds is 4. The van der Waals surface area contributed by atoms with Gasteiger partial charge in [0.2, 0.25) is 5.91 Å². The Hall–Kier alpha value is -1.43. The molecule has 1 amide bonds. The van der Waals surface area contributed by atoms with Gasteiger partial charge in [-0.05, 0) is 19.4 Å². The molecular formula is C16H24N2O3. The molecule has 1 aromatic rings. The average molecular weight is 292 g/mol. The maximum Gasteiger partial charge on any atom is 0.231 e. The van der Waals surface area contributed by atoms with Crippen molar-refractivity contribution in [3.8, 4) is 0 Å². The molecule has 5 nitrogen and oxygen atoms in total. The molecule has 0 spiro atoms. The van der Waals surface area contributed by atoms with E-state index >= 15 is 0 Å². The second kappa shape index (κ2) is 6.56. The molecule has 116 valence electrons. The van der Waals surface area contributed by atoms with Crippen LogP contribution in [0.25, 0.3) is 0 Å². The maximum absolute atomic E-state index is 12.8. The highest BCUT2D eigenvalue weighted by molar-refractivity contribution is 5.84. The molecule has 1 fully saturated rings. The van der Waals surface area contributed by atoms with Crippen molar-refractivity contribution in [1.29, 1.82) is 0 Å². The molecule has 1 aromatic carbocycles. The lowest BCUT2D eigenvalue weighted by Crippen LogP contribution is -2.56. The van der Waals surface area contributed by atoms with Gasteiger partial charge in [-0.3, -0.25) is 4.79 Å². The number of hydrogen-bond acceptors (Lipinski definition) is 4. The van der Waals surface area contributed by atoms with Crippen LogP contribution in [0.4, 0.5) is 0 Å². The zero-order valence-corrected chi connectivity index (χ0v) is 12.7. The number of carbonyl (C=O) groups is 1. The SMILES string of the molecule is CC1(C)CN(C(=O)C(CN)c2ccccc2)CC(CO)O1. The van der Waals surface area contributed by atoms with E-state index in [0.717, 1.165) is 5.56 Å². The van der Waals surface area contributed by atoms with Gasteiger partial charge in [-0.15, -0.1) is 0 Å². The molecule has 0 saturated carbocycles. The highest BCUT2D eigenvalue weighted by Gasteiger charge is 2.37. The molecule has 1 aliphatic heterocycles. The molecule has 2 unspecified atom stereocenters. The van der Waals surface area contributed by atoms with Crippen molar-refractivity contribution in [3.05, 3.63) is 35.9 Å². The van der Waals surface area contributed by atoms with Crippen LogP contribution >= 0.6 is 0 Å². The standard InChI is InChI=1S/C16H24N2O3/c1-16(2)11-18(9-13(10-19)21-16)15(20)14(8-17)12-6-4-3-5-7-12/h3-7,13-14,19H,8-11,17H2,1-2H3. The molecule has 5 heteroatoms. The summed E-state index contributed by atoms with van der Waals surface area (Å²) in [4.78, 5) is 14.5. The monoisotopic (exact) mass is 292 g/mol. The first kappa shape index (κ1) is 15.9. The van der Waals surface area contributed by atoms with Crippen LogP contribution in [0.3, 0.4) is 0 Å². The molecule has 2 rings (SSSR count). The summed E-state index contributed by atoms with van der Waals surface area (Å²) in [5.41, 5.74) is 6.28. The second-order valence-electron chi connectivity index (χ2n) is 6.10. The smallest absolute Gasteiger partial charge is 0.231 e. The quantitative estimate of drug-likeness (QED) is 0.858. The van der Waals surface area contributed by atoms with Crippen LogP contribution in [0, 0.1) is 0 Å². The van der Waals surface area contributed by atoms with Gasteiger partial charge in [-0.25, -0.2) is 0 Å². The van der Waals surface area contributed by atoms with Crippen LogP contribution in [0.2, 0.25) is 0 Å². The summed E-state index contributed by atoms with van der Waals surface area (Å²) >= 11 is 0. The number of ether oxygens (including phenoxy) is 1. The fourth-order valence-electron chi connectivity index (χ4n) is 2.84. The normalized spacial score (nSPS) is 22.9. The van der Waals surface area contributed by atoms with Crippen molar-refractivity contribution in [3.63, 3.8) is 0 Å². The second-order valence-corrected chi connectivity index (χ2v) is 6.10. The van der Waals surface area contributed by atoms with E-state index in [0.29, 0.717) is 13.1 Å². The van der Waals surface area contributed by atoms with Gasteiger partial charge < -0.3 is 20.5 Å². The molecule has 2 atom stereocenters. The third-order valence-electron chi connectivity index (χ3n) is 3.73. The van der Waals surface area contributed by atoms with Gasteiger partial charge in [0.05, 0.1) is 24.2 Å². The van der Waals surface area contributed by atoms with E-state index in [1.54, 1.807) is 4.90 Å². The van der Waals surface area contributed by atoms with Crippen LogP contribution in [-0.4, -0.2) is 53.9 Å². The predicted octanol–water partition coefficient (Wildman–Crippen LogP) is 0.727.